The van der Waals surface area contributed by atoms with E-state index in [2.05, 4.69) is 5.32 Å². The molecule has 0 radical (unpaired) electrons. The summed E-state index contributed by atoms with van der Waals surface area (Å²) in [7, 11) is 0. The lowest BCUT2D eigenvalue weighted by Gasteiger charge is -2.22. The van der Waals surface area contributed by atoms with E-state index < -0.39 is 23.8 Å². The molecule has 6 nitrogen and oxygen atoms in total. The molecule has 0 aliphatic carbocycles. The average Bonchev–Trinajstić information content (AvgIpc) is 2.55. The lowest BCUT2D eigenvalue weighted by atomic mass is 9.92. The maximum Gasteiger partial charge on any atom is 0.330 e. The molecule has 1 rings (SSSR count). The summed E-state index contributed by atoms with van der Waals surface area (Å²) in [6, 6.07) is 5.79. The SMILES string of the molecule is CCOC(=O)C(C(=O)Nc1c(C(C)C)cccc1C(C)C)C(=O)OCC. The number of carbonyl (C=O) groups excluding carboxylic acids is 3. The van der Waals surface area contributed by atoms with Crippen LogP contribution in [-0.2, 0) is 23.9 Å². The zero-order valence-electron chi connectivity index (χ0n) is 16.4. The minimum atomic E-state index is -1.64. The van der Waals surface area contributed by atoms with Gasteiger partial charge in [-0.15, -0.1) is 0 Å². The van der Waals surface area contributed by atoms with Crippen molar-refractivity contribution in [2.45, 2.75) is 53.4 Å². The highest BCUT2D eigenvalue weighted by Gasteiger charge is 2.37. The van der Waals surface area contributed by atoms with Crippen molar-refractivity contribution in [1.82, 2.24) is 0 Å². The van der Waals surface area contributed by atoms with Gasteiger partial charge in [0.15, 0.2) is 0 Å². The highest BCUT2D eigenvalue weighted by molar-refractivity contribution is 6.18. The largest absolute Gasteiger partial charge is 0.465 e. The van der Waals surface area contributed by atoms with Crippen LogP contribution in [0.1, 0.15) is 64.5 Å². The van der Waals surface area contributed by atoms with E-state index in [9.17, 15) is 14.4 Å². The molecule has 1 amide bonds. The Bertz CT molecular complexity index is 607. The van der Waals surface area contributed by atoms with Gasteiger partial charge in [-0.3, -0.25) is 14.4 Å². The number of benzene rings is 1. The summed E-state index contributed by atoms with van der Waals surface area (Å²) < 4.78 is 9.77. The van der Waals surface area contributed by atoms with E-state index in [4.69, 9.17) is 9.47 Å². The van der Waals surface area contributed by atoms with Crippen LogP contribution in [0.5, 0.6) is 0 Å². The lowest BCUT2D eigenvalue weighted by molar-refractivity contribution is -0.163. The van der Waals surface area contributed by atoms with Crippen LogP contribution in [0.4, 0.5) is 5.69 Å². The molecule has 0 aliphatic rings. The van der Waals surface area contributed by atoms with Crippen molar-refractivity contribution in [1.29, 1.82) is 0 Å². The number of amides is 1. The predicted octanol–water partition coefficient (Wildman–Crippen LogP) is 3.61. The maximum absolute atomic E-state index is 12.8. The second-order valence-electron chi connectivity index (χ2n) is 6.55. The molecule has 0 bridgehead atoms. The predicted molar refractivity (Wildman–Crippen MR) is 100 cm³/mol. The Labute approximate surface area is 155 Å². The molecular weight excluding hydrogens is 334 g/mol. The highest BCUT2D eigenvalue weighted by Crippen LogP contribution is 2.32. The Balaban J connectivity index is 3.27. The third kappa shape index (κ3) is 5.31. The van der Waals surface area contributed by atoms with Crippen LogP contribution in [0.2, 0.25) is 0 Å². The van der Waals surface area contributed by atoms with E-state index in [-0.39, 0.29) is 25.0 Å². The smallest absolute Gasteiger partial charge is 0.330 e. The average molecular weight is 363 g/mol. The summed E-state index contributed by atoms with van der Waals surface area (Å²) in [5.41, 5.74) is 2.52. The van der Waals surface area contributed by atoms with E-state index >= 15 is 0 Å². The number of carbonyl (C=O) groups is 3. The summed E-state index contributed by atoms with van der Waals surface area (Å²) >= 11 is 0. The van der Waals surface area contributed by atoms with Crippen LogP contribution in [0.15, 0.2) is 18.2 Å². The fourth-order valence-corrected chi connectivity index (χ4v) is 2.65. The first-order chi connectivity index (χ1) is 12.2. The van der Waals surface area contributed by atoms with Crippen molar-refractivity contribution in [2.75, 3.05) is 18.5 Å². The number of anilines is 1. The molecule has 0 aliphatic heterocycles. The Morgan fingerprint density at radius 1 is 0.885 bits per heavy atom. The summed E-state index contributed by atoms with van der Waals surface area (Å²) in [5, 5.41) is 2.78. The van der Waals surface area contributed by atoms with Crippen molar-refractivity contribution < 1.29 is 23.9 Å². The number of hydrogen-bond acceptors (Lipinski definition) is 5. The summed E-state index contributed by atoms with van der Waals surface area (Å²) in [6.45, 7) is 11.4. The summed E-state index contributed by atoms with van der Waals surface area (Å²) in [6.07, 6.45) is 0. The summed E-state index contributed by atoms with van der Waals surface area (Å²) in [4.78, 5) is 37.1. The fraction of sp³-hybridized carbons (Fsp3) is 0.550. The van der Waals surface area contributed by atoms with Crippen molar-refractivity contribution in [3.8, 4) is 0 Å². The van der Waals surface area contributed by atoms with Gasteiger partial charge in [0.05, 0.1) is 13.2 Å². The summed E-state index contributed by atoms with van der Waals surface area (Å²) in [5.74, 6) is -3.87. The first kappa shape index (κ1) is 21.7. The van der Waals surface area contributed by atoms with Gasteiger partial charge in [-0.05, 0) is 36.8 Å². The number of hydrogen-bond donors (Lipinski definition) is 1. The number of esters is 2. The van der Waals surface area contributed by atoms with Crippen molar-refractivity contribution in [3.63, 3.8) is 0 Å². The highest BCUT2D eigenvalue weighted by atomic mass is 16.6. The molecule has 144 valence electrons. The van der Waals surface area contributed by atoms with Gasteiger partial charge >= 0.3 is 11.9 Å². The topological polar surface area (TPSA) is 81.7 Å². The van der Waals surface area contributed by atoms with Crippen molar-refractivity contribution in [2.24, 2.45) is 5.92 Å². The Hall–Kier alpha value is -2.37. The molecule has 0 saturated heterocycles. The minimum absolute atomic E-state index is 0.0713. The quantitative estimate of drug-likeness (QED) is 0.563. The fourth-order valence-electron chi connectivity index (χ4n) is 2.65. The monoisotopic (exact) mass is 363 g/mol. The van der Waals surface area contributed by atoms with Gasteiger partial charge < -0.3 is 14.8 Å². The minimum Gasteiger partial charge on any atom is -0.465 e. The van der Waals surface area contributed by atoms with E-state index in [1.54, 1.807) is 13.8 Å². The van der Waals surface area contributed by atoms with Crippen molar-refractivity contribution in [3.05, 3.63) is 29.3 Å². The molecule has 1 aromatic rings. The molecule has 0 aromatic heterocycles. The van der Waals surface area contributed by atoms with Gasteiger partial charge in [-0.1, -0.05) is 45.9 Å². The van der Waals surface area contributed by atoms with Gasteiger partial charge in [-0.2, -0.15) is 0 Å². The van der Waals surface area contributed by atoms with Gasteiger partial charge in [0.1, 0.15) is 0 Å². The van der Waals surface area contributed by atoms with Crippen LogP contribution in [-0.4, -0.2) is 31.1 Å². The van der Waals surface area contributed by atoms with Crippen molar-refractivity contribution >= 4 is 23.5 Å². The molecule has 1 aromatic carbocycles. The van der Waals surface area contributed by atoms with Crippen LogP contribution >= 0.6 is 0 Å². The lowest BCUT2D eigenvalue weighted by Crippen LogP contribution is -2.38. The third-order valence-corrected chi connectivity index (χ3v) is 3.93. The first-order valence-corrected chi connectivity index (χ1v) is 9.01. The molecule has 0 heterocycles. The molecule has 0 unspecified atom stereocenters. The number of nitrogens with one attached hydrogen (secondary N) is 1. The standard InChI is InChI=1S/C20H29NO5/c1-7-25-19(23)16(20(24)26-8-2)18(22)21-17-14(12(3)4)10-9-11-15(17)13(5)6/h9-13,16H,7-8H2,1-6H3,(H,21,22). The molecule has 0 atom stereocenters. The molecule has 0 fully saturated rings. The zero-order chi connectivity index (χ0) is 19.9. The van der Waals surface area contributed by atoms with Crippen LogP contribution in [0, 0.1) is 5.92 Å². The Kier molecular flexibility index (Phi) is 8.29. The number of ether oxygens (including phenoxy) is 2. The van der Waals surface area contributed by atoms with E-state index in [1.807, 2.05) is 45.9 Å². The van der Waals surface area contributed by atoms with Crippen LogP contribution in [0.3, 0.4) is 0 Å². The Morgan fingerprint density at radius 2 is 1.31 bits per heavy atom. The second-order valence-corrected chi connectivity index (χ2v) is 6.55. The van der Waals surface area contributed by atoms with Gasteiger partial charge in [-0.25, -0.2) is 0 Å². The molecule has 1 N–H and O–H groups in total. The van der Waals surface area contributed by atoms with E-state index in [0.29, 0.717) is 5.69 Å². The zero-order valence-corrected chi connectivity index (χ0v) is 16.4. The number of rotatable bonds is 8. The molecular formula is C20H29NO5. The molecule has 0 saturated carbocycles. The Morgan fingerprint density at radius 3 is 1.65 bits per heavy atom. The molecule has 0 spiro atoms. The van der Waals surface area contributed by atoms with Gasteiger partial charge in [0.25, 0.3) is 0 Å². The maximum atomic E-state index is 12.8. The van der Waals surface area contributed by atoms with Gasteiger partial charge in [0.2, 0.25) is 11.8 Å². The third-order valence-electron chi connectivity index (χ3n) is 3.93. The van der Waals surface area contributed by atoms with E-state index in [1.165, 1.54) is 0 Å². The van der Waals surface area contributed by atoms with Crippen LogP contribution < -0.4 is 5.32 Å². The molecule has 6 heteroatoms. The number of para-hydroxylation sites is 1. The van der Waals surface area contributed by atoms with Crippen LogP contribution in [0.25, 0.3) is 0 Å². The van der Waals surface area contributed by atoms with Gasteiger partial charge in [0, 0.05) is 5.69 Å². The second kappa shape index (κ2) is 9.94. The molecule has 26 heavy (non-hydrogen) atoms. The first-order valence-electron chi connectivity index (χ1n) is 9.01. The normalized spacial score (nSPS) is 11.0. The van der Waals surface area contributed by atoms with E-state index in [0.717, 1.165) is 11.1 Å².